The molecule has 0 radical (unpaired) electrons. The molecule has 148 valence electrons. The molecular weight excluding hydrogens is 348 g/mol. The summed E-state index contributed by atoms with van der Waals surface area (Å²) in [7, 11) is 0. The lowest BCUT2D eigenvalue weighted by atomic mass is 10.1. The lowest BCUT2D eigenvalue weighted by molar-refractivity contribution is -0.125. The van der Waals surface area contributed by atoms with E-state index < -0.39 is 12.1 Å². The normalized spacial score (nSPS) is 25.9. The number of hydrogen-bond acceptors (Lipinski definition) is 6. The number of aliphatic hydroxyl groups is 1. The summed E-state index contributed by atoms with van der Waals surface area (Å²) in [6.07, 6.45) is 1.63. The van der Waals surface area contributed by atoms with Crippen molar-refractivity contribution in [2.45, 2.75) is 31.9 Å². The van der Waals surface area contributed by atoms with Crippen LogP contribution in [0.4, 0.5) is 0 Å². The molecule has 1 saturated heterocycles. The number of nitrogens with one attached hydrogen (secondary N) is 2. The average Bonchev–Trinajstić information content (AvgIpc) is 3.03. The number of rotatable bonds is 6. The molecule has 1 aromatic rings. The van der Waals surface area contributed by atoms with Crippen LogP contribution in [0, 0.1) is 12.8 Å². The number of carbonyl (C=O) groups excluding carboxylic acids is 2. The van der Waals surface area contributed by atoms with Gasteiger partial charge in [-0.3, -0.25) is 19.5 Å². The highest BCUT2D eigenvalue weighted by molar-refractivity contribution is 5.94. The van der Waals surface area contributed by atoms with Crippen molar-refractivity contribution in [2.75, 3.05) is 39.4 Å². The maximum Gasteiger partial charge on any atom is 0.270 e. The van der Waals surface area contributed by atoms with Gasteiger partial charge in [0, 0.05) is 38.3 Å². The topological polar surface area (TPSA) is 104 Å². The Kier molecular flexibility index (Phi) is 6.76. The average molecular weight is 376 g/mol. The molecule has 3 rings (SSSR count). The summed E-state index contributed by atoms with van der Waals surface area (Å²) < 4.78 is 5.31. The zero-order chi connectivity index (χ0) is 19.2. The Morgan fingerprint density at radius 3 is 2.85 bits per heavy atom. The Morgan fingerprint density at radius 1 is 1.33 bits per heavy atom. The monoisotopic (exact) mass is 376 g/mol. The Bertz CT molecular complexity index is 663. The summed E-state index contributed by atoms with van der Waals surface area (Å²) in [6.45, 7) is 6.44. The first-order chi connectivity index (χ1) is 13.0. The van der Waals surface area contributed by atoms with Gasteiger partial charge in [0.1, 0.15) is 5.69 Å². The lowest BCUT2D eigenvalue weighted by Gasteiger charge is -2.26. The van der Waals surface area contributed by atoms with Gasteiger partial charge in [0.05, 0.1) is 25.4 Å². The minimum absolute atomic E-state index is 0.0620. The predicted molar refractivity (Wildman–Crippen MR) is 99.2 cm³/mol. The molecule has 2 heterocycles. The molecule has 1 saturated carbocycles. The number of aromatic nitrogens is 1. The number of amides is 2. The van der Waals surface area contributed by atoms with Gasteiger partial charge in [0.2, 0.25) is 5.91 Å². The third kappa shape index (κ3) is 5.24. The molecule has 3 N–H and O–H groups in total. The second-order valence-corrected chi connectivity index (χ2v) is 7.23. The van der Waals surface area contributed by atoms with Crippen molar-refractivity contribution in [1.82, 2.24) is 20.5 Å². The van der Waals surface area contributed by atoms with Crippen LogP contribution in [0.25, 0.3) is 0 Å². The first-order valence-corrected chi connectivity index (χ1v) is 9.53. The summed E-state index contributed by atoms with van der Waals surface area (Å²) in [4.78, 5) is 31.1. The second kappa shape index (κ2) is 9.25. The van der Waals surface area contributed by atoms with E-state index in [0.717, 1.165) is 38.4 Å². The van der Waals surface area contributed by atoms with E-state index in [2.05, 4.69) is 20.5 Å². The van der Waals surface area contributed by atoms with E-state index in [1.165, 1.54) is 0 Å². The Hall–Kier alpha value is -2.03. The quantitative estimate of drug-likeness (QED) is 0.630. The van der Waals surface area contributed by atoms with Crippen molar-refractivity contribution in [3.8, 4) is 0 Å². The minimum atomic E-state index is -0.729. The fraction of sp³-hybridized carbons (Fsp3) is 0.632. The molecule has 1 aliphatic heterocycles. The first kappa shape index (κ1) is 19.7. The highest BCUT2D eigenvalue weighted by atomic mass is 16.5. The van der Waals surface area contributed by atoms with E-state index in [1.807, 2.05) is 13.0 Å². The zero-order valence-corrected chi connectivity index (χ0v) is 15.7. The van der Waals surface area contributed by atoms with Gasteiger partial charge in [-0.2, -0.15) is 0 Å². The maximum absolute atomic E-state index is 12.4. The van der Waals surface area contributed by atoms with Crippen LogP contribution in [0.2, 0.25) is 0 Å². The van der Waals surface area contributed by atoms with E-state index in [1.54, 1.807) is 12.3 Å². The summed E-state index contributed by atoms with van der Waals surface area (Å²) >= 11 is 0. The third-order valence-electron chi connectivity index (χ3n) is 5.27. The van der Waals surface area contributed by atoms with E-state index >= 15 is 0 Å². The second-order valence-electron chi connectivity index (χ2n) is 7.23. The molecular formula is C19H28N4O4. The van der Waals surface area contributed by atoms with E-state index in [4.69, 9.17) is 4.74 Å². The highest BCUT2D eigenvalue weighted by Crippen LogP contribution is 2.26. The molecule has 2 amide bonds. The van der Waals surface area contributed by atoms with E-state index in [9.17, 15) is 14.7 Å². The molecule has 1 aromatic heterocycles. The molecule has 27 heavy (non-hydrogen) atoms. The van der Waals surface area contributed by atoms with Crippen LogP contribution in [0.3, 0.4) is 0 Å². The summed E-state index contributed by atoms with van der Waals surface area (Å²) in [6, 6.07) is 3.15. The molecule has 8 nitrogen and oxygen atoms in total. The van der Waals surface area contributed by atoms with Crippen molar-refractivity contribution >= 4 is 11.8 Å². The standard InChI is InChI=1S/C19H28N4O4/c1-13-3-2-4-20-17(13)19(26)22-15-11-14(12-16(15)24)18(25)21-5-6-23-7-9-27-10-8-23/h2-4,14-16,24H,5-12H2,1H3,(H,21,25)(H,22,26)/t14-,15-,16-/m0/s1. The smallest absolute Gasteiger partial charge is 0.270 e. The molecule has 3 atom stereocenters. The van der Waals surface area contributed by atoms with Crippen LogP contribution in [0.15, 0.2) is 18.3 Å². The van der Waals surface area contributed by atoms with Crippen molar-refractivity contribution in [2.24, 2.45) is 5.92 Å². The Balaban J connectivity index is 1.45. The summed E-state index contributed by atoms with van der Waals surface area (Å²) in [5.74, 6) is -0.668. The molecule has 0 aromatic carbocycles. The molecule has 0 unspecified atom stereocenters. The maximum atomic E-state index is 12.4. The number of nitrogens with zero attached hydrogens (tertiary/aromatic N) is 2. The summed E-state index contributed by atoms with van der Waals surface area (Å²) in [5.41, 5.74) is 1.13. The van der Waals surface area contributed by atoms with Gasteiger partial charge < -0.3 is 20.5 Å². The molecule has 0 spiro atoms. The van der Waals surface area contributed by atoms with Crippen molar-refractivity contribution in [3.63, 3.8) is 0 Å². The lowest BCUT2D eigenvalue weighted by Crippen LogP contribution is -2.42. The zero-order valence-electron chi connectivity index (χ0n) is 15.7. The van der Waals surface area contributed by atoms with E-state index in [0.29, 0.717) is 25.1 Å². The molecule has 2 aliphatic rings. The number of pyridine rings is 1. The molecule has 2 fully saturated rings. The van der Waals surface area contributed by atoms with Crippen LogP contribution in [-0.4, -0.2) is 78.3 Å². The van der Waals surface area contributed by atoms with Gasteiger partial charge in [-0.05, 0) is 31.4 Å². The molecule has 8 heteroatoms. The van der Waals surface area contributed by atoms with Gasteiger partial charge in [0.15, 0.2) is 0 Å². The number of morpholine rings is 1. The minimum Gasteiger partial charge on any atom is -0.391 e. The molecule has 1 aliphatic carbocycles. The largest absolute Gasteiger partial charge is 0.391 e. The number of carbonyl (C=O) groups is 2. The molecule has 0 bridgehead atoms. The van der Waals surface area contributed by atoms with Gasteiger partial charge in [-0.1, -0.05) is 6.07 Å². The van der Waals surface area contributed by atoms with Gasteiger partial charge in [0.25, 0.3) is 5.91 Å². The van der Waals surface area contributed by atoms with Gasteiger partial charge in [-0.15, -0.1) is 0 Å². The Morgan fingerprint density at radius 2 is 2.11 bits per heavy atom. The predicted octanol–water partition coefficient (Wildman–Crippen LogP) is -0.292. The number of aryl methyl sites for hydroxylation is 1. The summed E-state index contributed by atoms with van der Waals surface area (Å²) in [5, 5.41) is 16.0. The SMILES string of the molecule is Cc1cccnc1C(=O)N[C@H]1C[C@H](C(=O)NCCN2CCOCC2)C[C@@H]1O. The highest BCUT2D eigenvalue weighted by Gasteiger charge is 2.38. The first-order valence-electron chi connectivity index (χ1n) is 9.53. The fourth-order valence-electron chi connectivity index (χ4n) is 3.65. The van der Waals surface area contributed by atoms with Crippen molar-refractivity contribution < 1.29 is 19.4 Å². The number of hydrogen-bond donors (Lipinski definition) is 3. The fourth-order valence-corrected chi connectivity index (χ4v) is 3.65. The van der Waals surface area contributed by atoms with Crippen LogP contribution < -0.4 is 10.6 Å². The van der Waals surface area contributed by atoms with Gasteiger partial charge >= 0.3 is 0 Å². The van der Waals surface area contributed by atoms with Gasteiger partial charge in [-0.25, -0.2) is 0 Å². The number of ether oxygens (including phenoxy) is 1. The van der Waals surface area contributed by atoms with Crippen molar-refractivity contribution in [1.29, 1.82) is 0 Å². The van der Waals surface area contributed by atoms with Crippen LogP contribution in [0.5, 0.6) is 0 Å². The van der Waals surface area contributed by atoms with Crippen LogP contribution >= 0.6 is 0 Å². The van der Waals surface area contributed by atoms with Crippen LogP contribution in [-0.2, 0) is 9.53 Å². The Labute approximate surface area is 159 Å². The van der Waals surface area contributed by atoms with Crippen molar-refractivity contribution in [3.05, 3.63) is 29.6 Å². The van der Waals surface area contributed by atoms with Crippen LogP contribution in [0.1, 0.15) is 28.9 Å². The number of aliphatic hydroxyl groups excluding tert-OH is 1. The third-order valence-corrected chi connectivity index (χ3v) is 5.27. The van der Waals surface area contributed by atoms with E-state index in [-0.39, 0.29) is 17.7 Å².